The molecule has 5 nitrogen and oxygen atoms in total. The summed E-state index contributed by atoms with van der Waals surface area (Å²) in [6, 6.07) is 16.0. The van der Waals surface area contributed by atoms with Gasteiger partial charge >= 0.3 is 0 Å². The molecule has 29 heavy (non-hydrogen) atoms. The maximum atomic E-state index is 13.4. The van der Waals surface area contributed by atoms with Crippen molar-refractivity contribution in [3.63, 3.8) is 0 Å². The number of allylic oxidation sites excluding steroid dienone is 2. The summed E-state index contributed by atoms with van der Waals surface area (Å²) in [7, 11) is -2.34. The maximum Gasteiger partial charge on any atom is 0.245 e. The zero-order valence-corrected chi connectivity index (χ0v) is 17.4. The van der Waals surface area contributed by atoms with Crippen LogP contribution in [0.5, 0.6) is 0 Å². The molecule has 2 aromatic rings. The number of hydrogen-bond acceptors (Lipinski definition) is 4. The summed E-state index contributed by atoms with van der Waals surface area (Å²) in [4.78, 5) is 15.0. The van der Waals surface area contributed by atoms with Gasteiger partial charge in [-0.25, -0.2) is 8.42 Å². The Morgan fingerprint density at radius 1 is 1.14 bits per heavy atom. The molecule has 1 amide bonds. The van der Waals surface area contributed by atoms with Gasteiger partial charge in [-0.2, -0.15) is 0 Å². The molecule has 1 fully saturated rings. The zero-order valence-electron chi connectivity index (χ0n) is 16.6. The van der Waals surface area contributed by atoms with Crippen LogP contribution in [0, 0.1) is 6.92 Å². The quantitative estimate of drug-likeness (QED) is 0.728. The molecule has 0 aromatic heterocycles. The van der Waals surface area contributed by atoms with Crippen LogP contribution in [0.15, 0.2) is 83.9 Å². The summed E-state index contributed by atoms with van der Waals surface area (Å²) in [5.41, 5.74) is 2.47. The Morgan fingerprint density at radius 2 is 1.79 bits per heavy atom. The molecule has 0 radical (unpaired) electrons. The van der Waals surface area contributed by atoms with E-state index in [4.69, 9.17) is 4.74 Å². The van der Waals surface area contributed by atoms with E-state index >= 15 is 0 Å². The minimum absolute atomic E-state index is 0.0660. The molecule has 1 heterocycles. The molecule has 2 aromatic carbocycles. The number of rotatable bonds is 6. The van der Waals surface area contributed by atoms with Crippen LogP contribution in [0.1, 0.15) is 17.5 Å². The molecule has 1 aliphatic rings. The number of piperidine rings is 1. The average Bonchev–Trinajstić information content (AvgIpc) is 2.72. The van der Waals surface area contributed by atoms with Crippen LogP contribution in [-0.4, -0.2) is 37.7 Å². The SMILES string of the molecule is C=C/C=C1\[C@@H](OC)C[C@H](S(=O)(=O)c2ccc(C)cc2)C(=O)N1Cc1ccccc1. The Hall–Kier alpha value is -2.70. The van der Waals surface area contributed by atoms with Gasteiger partial charge in [-0.1, -0.05) is 60.7 Å². The number of hydrogen-bond donors (Lipinski definition) is 0. The minimum atomic E-state index is -3.86. The van der Waals surface area contributed by atoms with E-state index in [1.54, 1.807) is 36.4 Å². The van der Waals surface area contributed by atoms with Gasteiger partial charge < -0.3 is 9.64 Å². The van der Waals surface area contributed by atoms with Gasteiger partial charge in [0.15, 0.2) is 9.84 Å². The van der Waals surface area contributed by atoms with Gasteiger partial charge in [-0.15, -0.1) is 0 Å². The number of likely N-dealkylation sites (tertiary alicyclic amines) is 1. The van der Waals surface area contributed by atoms with Crippen molar-refractivity contribution in [2.45, 2.75) is 36.1 Å². The minimum Gasteiger partial charge on any atom is -0.375 e. The highest BCUT2D eigenvalue weighted by atomic mass is 32.2. The number of amides is 1. The van der Waals surface area contributed by atoms with Crippen molar-refractivity contribution >= 4 is 15.7 Å². The Kier molecular flexibility index (Phi) is 6.35. The van der Waals surface area contributed by atoms with Crippen LogP contribution >= 0.6 is 0 Å². The number of sulfone groups is 1. The topological polar surface area (TPSA) is 63.7 Å². The largest absolute Gasteiger partial charge is 0.375 e. The van der Waals surface area contributed by atoms with Crippen molar-refractivity contribution in [1.29, 1.82) is 0 Å². The molecule has 6 heteroatoms. The molecular weight excluding hydrogens is 386 g/mol. The van der Waals surface area contributed by atoms with E-state index in [0.29, 0.717) is 5.70 Å². The van der Waals surface area contributed by atoms with E-state index in [0.717, 1.165) is 11.1 Å². The zero-order chi connectivity index (χ0) is 21.0. The lowest BCUT2D eigenvalue weighted by Crippen LogP contribution is -2.51. The summed E-state index contributed by atoms with van der Waals surface area (Å²) in [6.07, 6.45) is 2.83. The highest BCUT2D eigenvalue weighted by molar-refractivity contribution is 7.92. The Balaban J connectivity index is 2.03. The molecule has 2 atom stereocenters. The summed E-state index contributed by atoms with van der Waals surface area (Å²) < 4.78 is 32.2. The average molecular weight is 412 g/mol. The third-order valence-corrected chi connectivity index (χ3v) is 7.16. The van der Waals surface area contributed by atoms with Crippen molar-refractivity contribution in [1.82, 2.24) is 4.90 Å². The fourth-order valence-electron chi connectivity index (χ4n) is 3.51. The van der Waals surface area contributed by atoms with E-state index in [9.17, 15) is 13.2 Å². The van der Waals surface area contributed by atoms with Crippen molar-refractivity contribution in [2.75, 3.05) is 7.11 Å². The molecule has 0 spiro atoms. The molecule has 0 saturated carbocycles. The second kappa shape index (κ2) is 8.76. The molecular formula is C23H25NO4S. The highest BCUT2D eigenvalue weighted by Gasteiger charge is 2.45. The lowest BCUT2D eigenvalue weighted by Gasteiger charge is -2.38. The van der Waals surface area contributed by atoms with Gasteiger partial charge in [0.2, 0.25) is 5.91 Å². The lowest BCUT2D eigenvalue weighted by molar-refractivity contribution is -0.133. The van der Waals surface area contributed by atoms with Gasteiger partial charge in [0.1, 0.15) is 5.25 Å². The predicted octanol–water partition coefficient (Wildman–Crippen LogP) is 3.65. The van der Waals surface area contributed by atoms with Crippen LogP contribution in [0.2, 0.25) is 0 Å². The van der Waals surface area contributed by atoms with Crippen molar-refractivity contribution in [2.24, 2.45) is 0 Å². The fourth-order valence-corrected chi connectivity index (χ4v) is 5.18. The molecule has 3 rings (SSSR count). The molecule has 152 valence electrons. The van der Waals surface area contributed by atoms with E-state index < -0.39 is 27.1 Å². The Morgan fingerprint density at radius 3 is 2.38 bits per heavy atom. The van der Waals surface area contributed by atoms with E-state index in [1.807, 2.05) is 37.3 Å². The molecule has 0 bridgehead atoms. The molecule has 0 N–H and O–H groups in total. The second-order valence-corrected chi connectivity index (χ2v) is 9.17. The normalized spacial score (nSPS) is 21.4. The summed E-state index contributed by atoms with van der Waals surface area (Å²) >= 11 is 0. The number of aryl methyl sites for hydroxylation is 1. The van der Waals surface area contributed by atoms with E-state index in [-0.39, 0.29) is 17.9 Å². The first-order valence-electron chi connectivity index (χ1n) is 9.39. The molecule has 1 aliphatic heterocycles. The van der Waals surface area contributed by atoms with Crippen molar-refractivity contribution in [3.05, 3.63) is 90.2 Å². The molecule has 0 aliphatic carbocycles. The summed E-state index contributed by atoms with van der Waals surface area (Å²) in [5.74, 6) is -0.448. The molecule has 0 unspecified atom stereocenters. The Labute approximate surface area is 172 Å². The first-order valence-corrected chi connectivity index (χ1v) is 10.9. The van der Waals surface area contributed by atoms with Crippen LogP contribution in [0.3, 0.4) is 0 Å². The van der Waals surface area contributed by atoms with Gasteiger partial charge in [-0.3, -0.25) is 4.79 Å². The van der Waals surface area contributed by atoms with Gasteiger partial charge in [0.05, 0.1) is 23.2 Å². The van der Waals surface area contributed by atoms with E-state index in [1.165, 1.54) is 12.0 Å². The number of carbonyl (C=O) groups excluding carboxylic acids is 1. The first-order chi connectivity index (χ1) is 13.9. The van der Waals surface area contributed by atoms with Crippen LogP contribution in [0.4, 0.5) is 0 Å². The van der Waals surface area contributed by atoms with Crippen LogP contribution in [-0.2, 0) is 25.9 Å². The van der Waals surface area contributed by atoms with Gasteiger partial charge in [0, 0.05) is 13.5 Å². The smallest absolute Gasteiger partial charge is 0.245 e. The summed E-state index contributed by atoms with van der Waals surface area (Å²) in [6.45, 7) is 5.87. The van der Waals surface area contributed by atoms with Crippen LogP contribution < -0.4 is 0 Å². The number of methoxy groups -OCH3 is 1. The maximum absolute atomic E-state index is 13.4. The van der Waals surface area contributed by atoms with Crippen LogP contribution in [0.25, 0.3) is 0 Å². The van der Waals surface area contributed by atoms with E-state index in [2.05, 4.69) is 6.58 Å². The van der Waals surface area contributed by atoms with Gasteiger partial charge in [0.25, 0.3) is 0 Å². The number of carbonyl (C=O) groups is 1. The fraction of sp³-hybridized carbons (Fsp3) is 0.261. The Bertz CT molecular complexity index is 1010. The predicted molar refractivity (Wildman–Crippen MR) is 113 cm³/mol. The second-order valence-electron chi connectivity index (χ2n) is 7.04. The third kappa shape index (κ3) is 4.33. The summed E-state index contributed by atoms with van der Waals surface area (Å²) in [5, 5.41) is -1.21. The van der Waals surface area contributed by atoms with Gasteiger partial charge in [-0.05, 0) is 30.7 Å². The third-order valence-electron chi connectivity index (χ3n) is 5.09. The van der Waals surface area contributed by atoms with Crippen molar-refractivity contribution in [3.8, 4) is 0 Å². The number of ether oxygens (including phenoxy) is 1. The number of benzene rings is 2. The monoisotopic (exact) mass is 411 g/mol. The number of nitrogens with zero attached hydrogens (tertiary/aromatic N) is 1. The van der Waals surface area contributed by atoms with Crippen molar-refractivity contribution < 1.29 is 17.9 Å². The lowest BCUT2D eigenvalue weighted by atomic mass is 10.0. The molecule has 1 saturated heterocycles. The standard InChI is InChI=1S/C23H25NO4S/c1-4-8-20-21(28-3)15-22(29(26,27)19-13-11-17(2)12-14-19)23(25)24(20)16-18-9-6-5-7-10-18/h4-14,21-22H,1,15-16H2,2-3H3/b20-8+/t21-,22-/m0/s1. The first kappa shape index (κ1) is 21.0. The highest BCUT2D eigenvalue weighted by Crippen LogP contribution is 2.33.